The molecule has 500 valence electrons. The number of aliphatic hydroxyl groups excluding tert-OH is 13. The summed E-state index contributed by atoms with van der Waals surface area (Å²) in [5.41, 5.74) is -2.43. The van der Waals surface area contributed by atoms with Gasteiger partial charge >= 0.3 is 11.9 Å². The third kappa shape index (κ3) is 11.5. The predicted octanol–water partition coefficient (Wildman–Crippen LogP) is -5.27. The van der Waals surface area contributed by atoms with Crippen molar-refractivity contribution in [2.75, 3.05) is 46.2 Å². The van der Waals surface area contributed by atoms with Crippen molar-refractivity contribution >= 4 is 11.9 Å². The van der Waals surface area contributed by atoms with Crippen molar-refractivity contribution in [1.29, 1.82) is 0 Å². The Morgan fingerprint density at radius 3 is 2.08 bits per heavy atom. The Hall–Kier alpha value is -2.62. The fraction of sp³-hybridized carbons (Fsp3) is 0.897. The lowest BCUT2D eigenvalue weighted by molar-refractivity contribution is -0.387. The van der Waals surface area contributed by atoms with Crippen LogP contribution in [-0.2, 0) is 75.9 Å². The fourth-order valence-corrected chi connectivity index (χ4v) is 16.7. The number of esters is 2. The molecule has 11 aliphatic rings. The van der Waals surface area contributed by atoms with E-state index in [0.717, 1.165) is 12.5 Å². The van der Waals surface area contributed by atoms with Gasteiger partial charge in [0, 0.05) is 31.6 Å². The van der Waals surface area contributed by atoms with Crippen LogP contribution in [0.3, 0.4) is 0 Å². The maximum atomic E-state index is 12.7. The minimum atomic E-state index is -2.16. The number of allylic oxidation sites excluding steroid dienone is 1. The molecule has 34 atom stereocenters. The highest BCUT2D eigenvalue weighted by Crippen LogP contribution is 2.71. The molecule has 30 nitrogen and oxygen atoms in total. The highest BCUT2D eigenvalue weighted by molar-refractivity contribution is 5.66. The molecule has 14 N–H and O–H groups in total. The van der Waals surface area contributed by atoms with E-state index in [4.69, 9.17) is 66.3 Å². The van der Waals surface area contributed by atoms with Gasteiger partial charge in [0.1, 0.15) is 97.2 Å². The number of hydrogen-bond donors (Lipinski definition) is 14. The maximum Gasteiger partial charge on any atom is 0.303 e. The first-order chi connectivity index (χ1) is 41.6. The van der Waals surface area contributed by atoms with Gasteiger partial charge < -0.3 is 138 Å². The second kappa shape index (κ2) is 25.6. The van der Waals surface area contributed by atoms with E-state index in [1.54, 1.807) is 0 Å². The molecular weight excluding hydrogens is 1180 g/mol. The van der Waals surface area contributed by atoms with Crippen molar-refractivity contribution in [2.45, 2.75) is 238 Å². The second-order valence-corrected chi connectivity index (χ2v) is 26.6. The molecule has 0 aromatic heterocycles. The lowest BCUT2D eigenvalue weighted by Crippen LogP contribution is -2.66. The van der Waals surface area contributed by atoms with Gasteiger partial charge in [0.25, 0.3) is 0 Å². The quantitative estimate of drug-likeness (QED) is 0.0538. The van der Waals surface area contributed by atoms with Crippen LogP contribution in [0.15, 0.2) is 23.8 Å². The number of fused-ring (bicyclic) bond motifs is 7. The van der Waals surface area contributed by atoms with Gasteiger partial charge in [-0.1, -0.05) is 32.1 Å². The molecule has 7 saturated heterocycles. The molecule has 4 aliphatic carbocycles. The Bertz CT molecular complexity index is 2530. The summed E-state index contributed by atoms with van der Waals surface area (Å²) in [7, 11) is 0. The summed E-state index contributed by atoms with van der Waals surface area (Å²) in [5.74, 6) is -4.75. The highest BCUT2D eigenvalue weighted by atomic mass is 16.8. The first kappa shape index (κ1) is 66.8. The number of rotatable bonds is 15. The fourth-order valence-electron chi connectivity index (χ4n) is 16.7. The molecule has 1 spiro atoms. The number of carbonyl (C=O) groups is 2. The van der Waals surface area contributed by atoms with Gasteiger partial charge in [0.05, 0.1) is 76.6 Å². The summed E-state index contributed by atoms with van der Waals surface area (Å²) >= 11 is 0. The molecule has 0 radical (unpaired) electrons. The van der Waals surface area contributed by atoms with Crippen molar-refractivity contribution in [3.8, 4) is 0 Å². The van der Waals surface area contributed by atoms with Crippen LogP contribution >= 0.6 is 0 Å². The molecule has 88 heavy (non-hydrogen) atoms. The minimum absolute atomic E-state index is 0.0614. The van der Waals surface area contributed by atoms with E-state index >= 15 is 0 Å². The van der Waals surface area contributed by atoms with E-state index in [2.05, 4.69) is 26.5 Å². The van der Waals surface area contributed by atoms with Crippen molar-refractivity contribution in [3.05, 3.63) is 23.8 Å². The van der Waals surface area contributed by atoms with Crippen LogP contribution in [0.4, 0.5) is 0 Å². The van der Waals surface area contributed by atoms with Gasteiger partial charge in [-0.05, 0) is 67.8 Å². The Morgan fingerprint density at radius 2 is 1.39 bits per heavy atom. The lowest BCUT2D eigenvalue weighted by Gasteiger charge is -2.61. The van der Waals surface area contributed by atoms with Gasteiger partial charge in [0.15, 0.2) is 37.6 Å². The van der Waals surface area contributed by atoms with Crippen LogP contribution in [0, 0.1) is 40.4 Å². The monoisotopic (exact) mass is 1260 g/mol. The first-order valence-corrected chi connectivity index (χ1v) is 30.5. The van der Waals surface area contributed by atoms with E-state index in [-0.39, 0.29) is 43.0 Å². The zero-order valence-electron chi connectivity index (χ0n) is 49.6. The standard InChI is InChI=1S/C58H88O30/c1-21-15-79-58(48(72)43(21)84-51-41(70)39(68)38(67)34(14-59)82-51)30(16-75-23(3)61)36-33(88-58)13-29-27-8-7-25-11-26(63)12-35(56(25,6)28(27)9-10-55(29,36)5)83-53-47(45(32(65)18-77-53)85-50-40(69)37(66)31(64)17-76-50)87-52-42(71)46(44(22(2)80-52)81-24(4)62)86-54-49(73)57(74,19-60)20-78-54/h7,22,26-54,59-60,63-74H,1,8-20H2,2-6H3/t22-,26+,27+,28-,29-,30-,31+,32+,33-,34+,35+,36-,37-,38+,39-,40+,41+,42+,43-,44-,45+,46-,47-,48-,49-,50-,51-,52-,53-,54-,55-,56-,57+,58-/m0/s1. The zero-order valence-corrected chi connectivity index (χ0v) is 49.6. The number of hydrogen-bond acceptors (Lipinski definition) is 30. The molecule has 7 heterocycles. The lowest BCUT2D eigenvalue weighted by atomic mass is 9.46. The van der Waals surface area contributed by atoms with E-state index in [1.807, 2.05) is 0 Å². The van der Waals surface area contributed by atoms with Gasteiger partial charge in [-0.2, -0.15) is 0 Å². The summed E-state index contributed by atoms with van der Waals surface area (Å²) in [6, 6.07) is 0. The predicted molar refractivity (Wildman–Crippen MR) is 286 cm³/mol. The third-order valence-corrected chi connectivity index (χ3v) is 21.4. The number of aliphatic hydroxyl groups is 14. The molecule has 0 aromatic rings. The Morgan fingerprint density at radius 1 is 0.705 bits per heavy atom. The topological polar surface area (TPSA) is 447 Å². The van der Waals surface area contributed by atoms with Crippen LogP contribution in [0.1, 0.15) is 73.1 Å². The third-order valence-electron chi connectivity index (χ3n) is 21.4. The van der Waals surface area contributed by atoms with Gasteiger partial charge in [-0.3, -0.25) is 9.59 Å². The molecule has 0 unspecified atom stereocenters. The molecule has 0 aromatic carbocycles. The largest absolute Gasteiger partial charge is 0.465 e. The zero-order chi connectivity index (χ0) is 63.4. The summed E-state index contributed by atoms with van der Waals surface area (Å²) in [6.07, 6.45) is -33.6. The van der Waals surface area contributed by atoms with Crippen molar-refractivity contribution < 1.29 is 147 Å². The van der Waals surface area contributed by atoms with E-state index in [0.29, 0.717) is 32.1 Å². The first-order valence-electron chi connectivity index (χ1n) is 30.5. The number of ether oxygens (including phenoxy) is 14. The van der Waals surface area contributed by atoms with Gasteiger partial charge in [0.2, 0.25) is 5.79 Å². The van der Waals surface area contributed by atoms with Crippen LogP contribution < -0.4 is 0 Å². The second-order valence-electron chi connectivity index (χ2n) is 26.6. The van der Waals surface area contributed by atoms with Crippen molar-refractivity contribution in [1.82, 2.24) is 0 Å². The SMILES string of the molecule is C=C1CO[C@@]2(O[C@H]3C[C@H]4[C@@H]5CC=C6C[C@@H](O)C[C@@H](O[C@@H]7OC[C@@H](O)[C@@H](O[C@@H]8OC[C@@H](O)[C@H](O)[C@H]8O)[C@@H]7O[C@@H]7O[C@@H](C)[C@H](OC(C)=O)[C@@H](O[C@@H]8OC[C@](O)(CO)[C@H]8O)[C@H]7O)[C@]6(C)[C@H]5CC[C@]4(C)[C@H]3[C@@H]2COC(C)=O)[C@@H](O)[C@H]1O[C@@H]1O[C@H](CO)[C@@H](O)[C@H](O)[C@H]1O. The van der Waals surface area contributed by atoms with E-state index in [9.17, 15) is 81.1 Å². The average molecular weight is 1270 g/mol. The minimum Gasteiger partial charge on any atom is -0.465 e. The molecular formula is C58H88O30. The number of carbonyl (C=O) groups excluding carboxylic acids is 2. The Balaban J connectivity index is 0.876. The molecule has 3 saturated carbocycles. The molecule has 0 amide bonds. The van der Waals surface area contributed by atoms with E-state index < -0.39 is 233 Å². The average Bonchev–Trinajstić information content (AvgIpc) is 1.46. The molecule has 11 rings (SSSR count). The van der Waals surface area contributed by atoms with Crippen LogP contribution in [0.2, 0.25) is 0 Å². The summed E-state index contributed by atoms with van der Waals surface area (Å²) in [5, 5.41) is 154. The highest BCUT2D eigenvalue weighted by Gasteiger charge is 2.74. The Labute approximate surface area is 506 Å². The smallest absolute Gasteiger partial charge is 0.303 e. The van der Waals surface area contributed by atoms with Crippen LogP contribution in [-0.4, -0.2) is 295 Å². The van der Waals surface area contributed by atoms with Crippen LogP contribution in [0.25, 0.3) is 0 Å². The van der Waals surface area contributed by atoms with Crippen molar-refractivity contribution in [2.24, 2.45) is 40.4 Å². The van der Waals surface area contributed by atoms with E-state index in [1.165, 1.54) is 13.8 Å². The summed E-state index contributed by atoms with van der Waals surface area (Å²) in [6.45, 7) is 8.50. The molecule has 7 aliphatic heterocycles. The molecule has 30 heteroatoms. The van der Waals surface area contributed by atoms with Crippen LogP contribution in [0.5, 0.6) is 0 Å². The van der Waals surface area contributed by atoms with Gasteiger partial charge in [-0.15, -0.1) is 0 Å². The van der Waals surface area contributed by atoms with Crippen molar-refractivity contribution in [3.63, 3.8) is 0 Å². The van der Waals surface area contributed by atoms with Gasteiger partial charge in [-0.25, -0.2) is 0 Å². The summed E-state index contributed by atoms with van der Waals surface area (Å²) < 4.78 is 86.3. The normalized spacial score (nSPS) is 53.6. The Kier molecular flexibility index (Phi) is 19.4. The molecule has 0 bridgehead atoms. The molecule has 10 fully saturated rings. The summed E-state index contributed by atoms with van der Waals surface area (Å²) in [4.78, 5) is 25.2. The maximum absolute atomic E-state index is 12.7.